The number of aromatic nitrogens is 2. The van der Waals surface area contributed by atoms with Crippen LogP contribution in [0.1, 0.15) is 44.0 Å². The number of hydrogen-bond donors (Lipinski definition) is 0. The van der Waals surface area contributed by atoms with Gasteiger partial charge in [-0.2, -0.15) is 0 Å². The van der Waals surface area contributed by atoms with Crippen LogP contribution in [-0.2, 0) is 0 Å². The van der Waals surface area contributed by atoms with Crippen LogP contribution >= 0.6 is 0 Å². The fraction of sp³-hybridized carbons (Fsp3) is 0.692. The lowest BCUT2D eigenvalue weighted by Gasteiger charge is -2.33. The molecule has 2 heterocycles. The molecule has 1 aromatic rings. The number of nitrogens with zero attached hydrogens (tertiary/aromatic N) is 3. The van der Waals surface area contributed by atoms with E-state index in [0.717, 1.165) is 11.4 Å². The highest BCUT2D eigenvalue weighted by atomic mass is 15.1. The normalized spacial score (nSPS) is 19.2. The predicted octanol–water partition coefficient (Wildman–Crippen LogP) is 2.37. The van der Waals surface area contributed by atoms with E-state index < -0.39 is 0 Å². The first-order valence-electron chi connectivity index (χ1n) is 6.19. The minimum atomic E-state index is 0.565. The lowest BCUT2D eigenvalue weighted by Crippen LogP contribution is -2.38. The number of aryl methyl sites for hydroxylation is 1. The quantitative estimate of drug-likeness (QED) is 0.764. The van der Waals surface area contributed by atoms with Crippen LogP contribution in [0.2, 0.25) is 0 Å². The maximum atomic E-state index is 4.44. The predicted molar refractivity (Wildman–Crippen MR) is 65.5 cm³/mol. The second-order valence-electron chi connectivity index (χ2n) is 5.02. The van der Waals surface area contributed by atoms with Crippen molar-refractivity contribution >= 4 is 0 Å². The first kappa shape index (κ1) is 11.5. The number of piperidine rings is 1. The Balaban J connectivity index is 1.96. The van der Waals surface area contributed by atoms with Crippen LogP contribution in [0.3, 0.4) is 0 Å². The minimum Gasteiger partial charge on any atom is -0.301 e. The Hall–Kier alpha value is -0.960. The fourth-order valence-corrected chi connectivity index (χ4v) is 2.29. The molecule has 0 unspecified atom stereocenters. The Morgan fingerprint density at radius 2 is 1.75 bits per heavy atom. The van der Waals surface area contributed by atoms with Crippen LogP contribution in [-0.4, -0.2) is 34.0 Å². The Bertz CT molecular complexity index is 324. The van der Waals surface area contributed by atoms with E-state index in [9.17, 15) is 0 Å². The van der Waals surface area contributed by atoms with Gasteiger partial charge in [0, 0.05) is 24.4 Å². The summed E-state index contributed by atoms with van der Waals surface area (Å²) < 4.78 is 0. The monoisotopic (exact) mass is 219 g/mol. The summed E-state index contributed by atoms with van der Waals surface area (Å²) in [4.78, 5) is 11.4. The molecule has 0 N–H and O–H groups in total. The zero-order valence-electron chi connectivity index (χ0n) is 10.5. The van der Waals surface area contributed by atoms with E-state index in [1.165, 1.54) is 25.9 Å². The molecule has 3 heteroatoms. The van der Waals surface area contributed by atoms with Gasteiger partial charge in [-0.25, -0.2) is 9.97 Å². The van der Waals surface area contributed by atoms with Gasteiger partial charge in [0.15, 0.2) is 0 Å². The molecular weight excluding hydrogens is 198 g/mol. The summed E-state index contributed by atoms with van der Waals surface area (Å²) in [6.07, 6.45) is 6.25. The number of hydrogen-bond acceptors (Lipinski definition) is 3. The molecule has 1 fully saturated rings. The summed E-state index contributed by atoms with van der Waals surface area (Å²) >= 11 is 0. The molecule has 0 aromatic carbocycles. The molecule has 2 rings (SSSR count). The average molecular weight is 219 g/mol. The van der Waals surface area contributed by atoms with Crippen LogP contribution in [0.4, 0.5) is 0 Å². The van der Waals surface area contributed by atoms with Gasteiger partial charge < -0.3 is 4.90 Å². The SMILES string of the molecule is Cc1cnc(C2CCN(C(C)C)CC2)nc1. The molecular formula is C13H21N3. The highest BCUT2D eigenvalue weighted by molar-refractivity contribution is 5.06. The third-order valence-electron chi connectivity index (χ3n) is 3.43. The van der Waals surface area contributed by atoms with E-state index >= 15 is 0 Å². The third kappa shape index (κ3) is 2.59. The van der Waals surface area contributed by atoms with Crippen molar-refractivity contribution in [2.24, 2.45) is 0 Å². The van der Waals surface area contributed by atoms with Gasteiger partial charge in [0.2, 0.25) is 0 Å². The molecule has 0 atom stereocenters. The second kappa shape index (κ2) is 4.91. The molecule has 3 nitrogen and oxygen atoms in total. The maximum Gasteiger partial charge on any atom is 0.131 e. The highest BCUT2D eigenvalue weighted by Gasteiger charge is 2.23. The van der Waals surface area contributed by atoms with E-state index in [1.54, 1.807) is 0 Å². The first-order valence-corrected chi connectivity index (χ1v) is 6.19. The topological polar surface area (TPSA) is 29.0 Å². The van der Waals surface area contributed by atoms with E-state index in [4.69, 9.17) is 0 Å². The number of rotatable bonds is 2. The molecule has 0 saturated carbocycles. The first-order chi connectivity index (χ1) is 7.66. The van der Waals surface area contributed by atoms with E-state index in [2.05, 4.69) is 28.7 Å². The van der Waals surface area contributed by atoms with Gasteiger partial charge >= 0.3 is 0 Å². The van der Waals surface area contributed by atoms with Gasteiger partial charge in [-0.3, -0.25) is 0 Å². The molecule has 88 valence electrons. The number of likely N-dealkylation sites (tertiary alicyclic amines) is 1. The van der Waals surface area contributed by atoms with Crippen molar-refractivity contribution in [3.8, 4) is 0 Å². The molecule has 0 aliphatic carbocycles. The van der Waals surface area contributed by atoms with Crippen LogP contribution in [0, 0.1) is 6.92 Å². The van der Waals surface area contributed by atoms with E-state index in [0.29, 0.717) is 12.0 Å². The Labute approximate surface area is 97.9 Å². The minimum absolute atomic E-state index is 0.565. The smallest absolute Gasteiger partial charge is 0.131 e. The van der Waals surface area contributed by atoms with E-state index in [-0.39, 0.29) is 0 Å². The zero-order chi connectivity index (χ0) is 11.5. The summed E-state index contributed by atoms with van der Waals surface area (Å²) in [5.74, 6) is 1.60. The Kier molecular flexibility index (Phi) is 3.54. The molecule has 1 aromatic heterocycles. The van der Waals surface area contributed by atoms with Crippen molar-refractivity contribution in [3.05, 3.63) is 23.8 Å². The van der Waals surface area contributed by atoms with Gasteiger partial charge in [-0.1, -0.05) is 0 Å². The van der Waals surface area contributed by atoms with Crippen molar-refractivity contribution in [2.45, 2.75) is 45.6 Å². The Morgan fingerprint density at radius 3 is 2.25 bits per heavy atom. The molecule has 16 heavy (non-hydrogen) atoms. The lowest BCUT2D eigenvalue weighted by molar-refractivity contribution is 0.169. The van der Waals surface area contributed by atoms with Crippen molar-refractivity contribution in [2.75, 3.05) is 13.1 Å². The summed E-state index contributed by atoms with van der Waals surface area (Å²) in [7, 11) is 0. The molecule has 0 radical (unpaired) electrons. The summed E-state index contributed by atoms with van der Waals surface area (Å²) in [6.45, 7) is 8.93. The largest absolute Gasteiger partial charge is 0.301 e. The molecule has 0 spiro atoms. The van der Waals surface area contributed by atoms with E-state index in [1.807, 2.05) is 19.3 Å². The van der Waals surface area contributed by atoms with Crippen LogP contribution in [0.5, 0.6) is 0 Å². The van der Waals surface area contributed by atoms with Crippen molar-refractivity contribution in [3.63, 3.8) is 0 Å². The van der Waals surface area contributed by atoms with Crippen molar-refractivity contribution < 1.29 is 0 Å². The molecule has 1 aliphatic rings. The van der Waals surface area contributed by atoms with Gasteiger partial charge in [0.1, 0.15) is 5.82 Å². The molecule has 0 bridgehead atoms. The van der Waals surface area contributed by atoms with Gasteiger partial charge in [-0.15, -0.1) is 0 Å². The van der Waals surface area contributed by atoms with Crippen LogP contribution in [0.15, 0.2) is 12.4 Å². The zero-order valence-corrected chi connectivity index (χ0v) is 10.5. The van der Waals surface area contributed by atoms with Crippen LogP contribution < -0.4 is 0 Å². The molecule has 1 saturated heterocycles. The maximum absolute atomic E-state index is 4.44. The van der Waals surface area contributed by atoms with Crippen LogP contribution in [0.25, 0.3) is 0 Å². The molecule has 0 amide bonds. The van der Waals surface area contributed by atoms with Gasteiger partial charge in [0.25, 0.3) is 0 Å². The van der Waals surface area contributed by atoms with Crippen molar-refractivity contribution in [1.82, 2.24) is 14.9 Å². The fourth-order valence-electron chi connectivity index (χ4n) is 2.29. The summed E-state index contributed by atoms with van der Waals surface area (Å²) in [5, 5.41) is 0. The standard InChI is InChI=1S/C13H21N3/c1-10(2)16-6-4-12(5-7-16)13-14-8-11(3)9-15-13/h8-10,12H,4-7H2,1-3H3. The molecule has 1 aliphatic heterocycles. The summed E-state index contributed by atoms with van der Waals surface area (Å²) in [5.41, 5.74) is 1.14. The average Bonchev–Trinajstić information content (AvgIpc) is 2.30. The lowest BCUT2D eigenvalue weighted by atomic mass is 9.95. The summed E-state index contributed by atoms with van der Waals surface area (Å²) in [6, 6.07) is 0.667. The van der Waals surface area contributed by atoms with Crippen molar-refractivity contribution in [1.29, 1.82) is 0 Å². The van der Waals surface area contributed by atoms with Gasteiger partial charge in [0.05, 0.1) is 0 Å². The Morgan fingerprint density at radius 1 is 1.19 bits per heavy atom. The highest BCUT2D eigenvalue weighted by Crippen LogP contribution is 2.25. The second-order valence-corrected chi connectivity index (χ2v) is 5.02. The van der Waals surface area contributed by atoms with Gasteiger partial charge in [-0.05, 0) is 52.3 Å². The third-order valence-corrected chi connectivity index (χ3v) is 3.43.